The smallest absolute Gasteiger partial charge is 0.390 e. The number of hydrogen-bond acceptors (Lipinski definition) is 15. The van der Waals surface area contributed by atoms with Crippen molar-refractivity contribution in [2.45, 2.75) is 100.0 Å². The molecule has 0 aliphatic carbocycles. The van der Waals surface area contributed by atoms with Crippen molar-refractivity contribution in [1.29, 1.82) is 0 Å². The first-order valence-electron chi connectivity index (χ1n) is 18.8. The van der Waals surface area contributed by atoms with Gasteiger partial charge in [-0.2, -0.15) is 20.4 Å². The van der Waals surface area contributed by atoms with Crippen LogP contribution >= 0.6 is 35.2 Å². The number of carbonyl (C=O) groups is 4. The topological polar surface area (TPSA) is 373 Å². The normalized spacial score (nSPS) is 24.6. The van der Waals surface area contributed by atoms with Gasteiger partial charge in [0.2, 0.25) is 17.7 Å². The summed E-state index contributed by atoms with van der Waals surface area (Å²) in [6.45, 7) is -0.222. The van der Waals surface area contributed by atoms with Gasteiger partial charge in [-0.25, -0.2) is 23.3 Å². The molecule has 1 aromatic rings. The molecule has 5 unspecified atom stereocenters. The third kappa shape index (κ3) is 16.9. The van der Waals surface area contributed by atoms with Crippen LogP contribution in [0.1, 0.15) is 76.0 Å². The predicted octanol–water partition coefficient (Wildman–Crippen LogP) is -0.434. The minimum absolute atomic E-state index is 0.000835. The number of H-pyrrole nitrogens is 1. The van der Waals surface area contributed by atoms with Gasteiger partial charge in [0, 0.05) is 62.5 Å². The van der Waals surface area contributed by atoms with E-state index in [2.05, 4.69) is 44.7 Å². The summed E-state index contributed by atoms with van der Waals surface area (Å²) >= 11 is 1.85. The van der Waals surface area contributed by atoms with Gasteiger partial charge < -0.3 is 56.0 Å². The molecule has 3 aliphatic heterocycles. The summed E-state index contributed by atoms with van der Waals surface area (Å²) in [6.07, 6.45) is 4.44. The lowest BCUT2D eigenvalue weighted by molar-refractivity contribution is -0.123. The summed E-state index contributed by atoms with van der Waals surface area (Å²) in [5, 5.41) is 24.8. The number of unbranched alkanes of at least 4 members (excludes halogenated alkanes) is 2. The van der Waals surface area contributed by atoms with Crippen LogP contribution in [-0.4, -0.2) is 120 Å². The number of nitrogens with one attached hydrogen (secondary N) is 6. The van der Waals surface area contributed by atoms with Gasteiger partial charge in [-0.3, -0.25) is 33.3 Å². The Morgan fingerprint density at radius 1 is 0.883 bits per heavy atom. The summed E-state index contributed by atoms with van der Waals surface area (Å²) in [5.74, 6) is 0.370. The van der Waals surface area contributed by atoms with Crippen molar-refractivity contribution >= 4 is 65.1 Å². The molecule has 1 aromatic heterocycles. The third-order valence-corrected chi connectivity index (χ3v) is 14.5. The van der Waals surface area contributed by atoms with E-state index in [9.17, 15) is 57.4 Å². The minimum Gasteiger partial charge on any atom is -0.390 e. The molecule has 25 nitrogen and oxygen atoms in total. The van der Waals surface area contributed by atoms with Crippen molar-refractivity contribution in [2.75, 3.05) is 32.0 Å². The lowest BCUT2D eigenvalue weighted by atomic mass is 10.0. The third-order valence-electron chi connectivity index (χ3n) is 9.18. The SMILES string of the molecule is O=C(CCCNC(=O)CCCCNC(=O)CCCCC1SCC2NC(=O)NC21)NC/C=C/c1cn([C@H]2C[C@H](O)[C@@H](COP(=O)(O)OP(=O)(O)OP(=O)(O)O)O2)c(=O)[nH]c1=O. The zero-order chi connectivity index (χ0) is 44.1. The van der Waals surface area contributed by atoms with Crippen LogP contribution in [0.5, 0.6) is 0 Å². The number of phosphoric ester groups is 1. The molecule has 11 N–H and O–H groups in total. The van der Waals surface area contributed by atoms with Crippen molar-refractivity contribution in [2.24, 2.45) is 0 Å². The number of fused-ring (bicyclic) bond motifs is 1. The van der Waals surface area contributed by atoms with Crippen LogP contribution in [0.15, 0.2) is 21.9 Å². The quantitative estimate of drug-likeness (QED) is 0.0336. The number of aromatic nitrogens is 2. The highest BCUT2D eigenvalue weighted by molar-refractivity contribution is 8.00. The molecule has 0 bridgehead atoms. The molecule has 0 spiro atoms. The molecule has 3 aliphatic rings. The zero-order valence-electron chi connectivity index (χ0n) is 32.0. The first kappa shape index (κ1) is 49.4. The fourth-order valence-electron chi connectivity index (χ4n) is 6.35. The van der Waals surface area contributed by atoms with E-state index in [0.717, 1.165) is 35.8 Å². The van der Waals surface area contributed by atoms with Gasteiger partial charge in [0.05, 0.1) is 30.4 Å². The van der Waals surface area contributed by atoms with Gasteiger partial charge in [-0.15, -0.1) is 0 Å². The Bertz CT molecular complexity index is 1980. The van der Waals surface area contributed by atoms with E-state index in [0.29, 0.717) is 37.5 Å². The maximum atomic E-state index is 12.5. The summed E-state index contributed by atoms with van der Waals surface area (Å²) in [4.78, 5) is 111. The average Bonchev–Trinajstić information content (AvgIpc) is 3.82. The molecule has 4 heterocycles. The number of phosphoric acid groups is 3. The Labute approximate surface area is 346 Å². The maximum Gasteiger partial charge on any atom is 0.490 e. The van der Waals surface area contributed by atoms with Gasteiger partial charge in [-0.05, 0) is 32.1 Å². The number of ether oxygens (including phenoxy) is 1. The van der Waals surface area contributed by atoms with Crippen molar-refractivity contribution in [3.05, 3.63) is 38.7 Å². The van der Waals surface area contributed by atoms with Crippen LogP contribution in [0.25, 0.3) is 6.08 Å². The highest BCUT2D eigenvalue weighted by Crippen LogP contribution is 2.66. The van der Waals surface area contributed by atoms with Crippen molar-refractivity contribution in [3.8, 4) is 0 Å². The Hall–Kier alpha value is -3.22. The number of hydrogen-bond donors (Lipinski definition) is 11. The Kier molecular flexibility index (Phi) is 18.7. The predicted molar refractivity (Wildman–Crippen MR) is 211 cm³/mol. The van der Waals surface area contributed by atoms with E-state index in [1.54, 1.807) is 0 Å². The molecule has 3 fully saturated rings. The summed E-state index contributed by atoms with van der Waals surface area (Å²) < 4.78 is 52.4. The number of rotatable bonds is 25. The first-order valence-corrected chi connectivity index (χ1v) is 24.4. The van der Waals surface area contributed by atoms with Gasteiger partial charge in [0.1, 0.15) is 12.3 Å². The number of aromatic amines is 1. The fourth-order valence-corrected chi connectivity index (χ4v) is 10.9. The van der Waals surface area contributed by atoms with E-state index in [1.165, 1.54) is 12.2 Å². The second-order valence-electron chi connectivity index (χ2n) is 13.9. The second-order valence-corrected chi connectivity index (χ2v) is 19.6. The molecule has 0 aromatic carbocycles. The van der Waals surface area contributed by atoms with Crippen LogP contribution in [-0.2, 0) is 46.0 Å². The molecule has 8 atom stereocenters. The number of carbonyl (C=O) groups excluding carboxylic acids is 4. The molecule has 0 radical (unpaired) electrons. The standard InChI is InChI=1S/C31H50N7O18P3S/c39-21-15-27(54-22(21)17-53-58(49,50)56-59(51,52)55-57(46,47)48)38-16-19(29(43)37-31(38)45)7-5-13-33-26(42)11-6-14-34-25(41)10-3-4-12-32-24(40)9-2-1-8-23-28-20(18-60-23)35-30(44)36-28/h5,7,16,20-23,27-28,39H,1-4,6,8-15,17-18H2,(H,32,40)(H,33,42)(H,34,41)(H,49,50)(H,51,52)(H2,35,36,44)(H,37,43,45)(H2,46,47,48)/b7-5+/t20?,21-,22+,23?,27+,28?/m0/s1. The van der Waals surface area contributed by atoms with E-state index in [1.807, 2.05) is 11.8 Å². The highest BCUT2D eigenvalue weighted by atomic mass is 32.2. The van der Waals surface area contributed by atoms with Crippen LogP contribution in [0.3, 0.4) is 0 Å². The number of urea groups is 1. The Morgan fingerprint density at radius 2 is 1.53 bits per heavy atom. The molecule has 338 valence electrons. The Morgan fingerprint density at radius 3 is 2.23 bits per heavy atom. The molecule has 4 rings (SSSR count). The van der Waals surface area contributed by atoms with Crippen molar-refractivity contribution in [1.82, 2.24) is 36.1 Å². The number of aliphatic hydroxyl groups is 1. The van der Waals surface area contributed by atoms with Crippen LogP contribution in [0, 0.1) is 0 Å². The highest BCUT2D eigenvalue weighted by Gasteiger charge is 2.44. The summed E-state index contributed by atoms with van der Waals surface area (Å²) in [6, 6.07) is 0.232. The molecule has 60 heavy (non-hydrogen) atoms. The maximum absolute atomic E-state index is 12.5. The van der Waals surface area contributed by atoms with E-state index in [-0.39, 0.29) is 73.8 Å². The van der Waals surface area contributed by atoms with Crippen LogP contribution < -0.4 is 37.8 Å². The largest absolute Gasteiger partial charge is 0.490 e. The van der Waals surface area contributed by atoms with Gasteiger partial charge in [0.15, 0.2) is 0 Å². The fraction of sp³-hybridized carbons (Fsp3) is 0.677. The molecule has 5 amide bonds. The average molecular weight is 934 g/mol. The van der Waals surface area contributed by atoms with Gasteiger partial charge >= 0.3 is 35.2 Å². The van der Waals surface area contributed by atoms with Gasteiger partial charge in [0.25, 0.3) is 5.56 Å². The lowest BCUT2D eigenvalue weighted by Crippen LogP contribution is -2.36. The number of thioether (sulfide) groups is 1. The first-order chi connectivity index (χ1) is 28.2. The summed E-state index contributed by atoms with van der Waals surface area (Å²) in [7, 11) is -16.9. The number of amides is 5. The summed E-state index contributed by atoms with van der Waals surface area (Å²) in [5.41, 5.74) is -1.78. The molecular formula is C31H50N7O18P3S. The van der Waals surface area contributed by atoms with E-state index in [4.69, 9.17) is 14.5 Å². The second kappa shape index (κ2) is 22.7. The molecule has 3 saturated heterocycles. The Balaban J connectivity index is 1.05. The van der Waals surface area contributed by atoms with E-state index >= 15 is 0 Å². The monoisotopic (exact) mass is 933 g/mol. The minimum atomic E-state index is -5.77. The number of aliphatic hydroxyl groups excluding tert-OH is 1. The van der Waals surface area contributed by atoms with Crippen molar-refractivity contribution < 1.29 is 75.4 Å². The lowest BCUT2D eigenvalue weighted by Gasteiger charge is -2.19. The van der Waals surface area contributed by atoms with Gasteiger partial charge in [-0.1, -0.05) is 18.6 Å². The zero-order valence-corrected chi connectivity index (χ0v) is 35.5. The molecular weight excluding hydrogens is 883 g/mol. The van der Waals surface area contributed by atoms with Crippen LogP contribution in [0.4, 0.5) is 4.79 Å². The molecule has 29 heteroatoms. The number of nitrogens with zero attached hydrogens (tertiary/aromatic N) is 1. The van der Waals surface area contributed by atoms with Crippen LogP contribution in [0.2, 0.25) is 0 Å². The van der Waals surface area contributed by atoms with Crippen molar-refractivity contribution in [3.63, 3.8) is 0 Å². The molecule has 0 saturated carbocycles. The van der Waals surface area contributed by atoms with E-state index < -0.39 is 59.8 Å².